The molecule has 1 aliphatic heterocycles. The minimum absolute atomic E-state index is 0.0185. The lowest BCUT2D eigenvalue weighted by molar-refractivity contribution is -0.127. The van der Waals surface area contributed by atoms with Crippen LogP contribution in [0.25, 0.3) is 11.4 Å². The number of likely N-dealkylation sites (tertiary alicyclic amines) is 1. The molecule has 4 rings (SSSR count). The van der Waals surface area contributed by atoms with E-state index < -0.39 is 20.9 Å². The molecule has 0 radical (unpaired) electrons. The average Bonchev–Trinajstić information content (AvgIpc) is 3.19. The predicted octanol–water partition coefficient (Wildman–Crippen LogP) is 2.99. The van der Waals surface area contributed by atoms with Gasteiger partial charge in [0.25, 0.3) is 0 Å². The maximum Gasteiger partial charge on any atom is 0.242 e. The van der Waals surface area contributed by atoms with Crippen molar-refractivity contribution < 1.29 is 18.0 Å². The summed E-state index contributed by atoms with van der Waals surface area (Å²) >= 11 is 0. The molecule has 3 aromatic rings. The van der Waals surface area contributed by atoms with Gasteiger partial charge in [0.15, 0.2) is 9.84 Å². The largest absolute Gasteiger partial charge is 0.380 e. The summed E-state index contributed by atoms with van der Waals surface area (Å²) in [7, 11) is -1.27. The van der Waals surface area contributed by atoms with Gasteiger partial charge in [-0.2, -0.15) is 4.98 Å². The second-order valence-corrected chi connectivity index (χ2v) is 11.9. The molecule has 0 unspecified atom stereocenters. The fraction of sp³-hybridized carbons (Fsp3) is 0.458. The molecule has 0 amide bonds. The molecule has 0 spiro atoms. The molecule has 1 atom stereocenters. The number of sulfone groups is 1. The van der Waals surface area contributed by atoms with Gasteiger partial charge in [-0.15, -0.1) is 0 Å². The molecule has 1 aromatic carbocycles. The summed E-state index contributed by atoms with van der Waals surface area (Å²) in [5.74, 6) is 0.312. The third-order valence-corrected chi connectivity index (χ3v) is 7.15. The molecule has 2 aromatic heterocycles. The van der Waals surface area contributed by atoms with Crippen LogP contribution < -0.4 is 0 Å². The zero-order chi connectivity index (χ0) is 24.0. The number of aliphatic hydroxyl groups is 1. The summed E-state index contributed by atoms with van der Waals surface area (Å²) in [5.41, 5.74) is 1.45. The van der Waals surface area contributed by atoms with E-state index in [0.717, 1.165) is 24.9 Å². The molecule has 0 saturated carbocycles. The number of nitrogens with zero attached hydrogens (tertiary/aromatic N) is 4. The Morgan fingerprint density at radius 2 is 1.85 bits per heavy atom. The molecule has 0 aliphatic carbocycles. The molecular weight excluding hydrogens is 440 g/mol. The minimum Gasteiger partial charge on any atom is -0.380 e. The van der Waals surface area contributed by atoms with E-state index in [0.29, 0.717) is 17.0 Å². The van der Waals surface area contributed by atoms with E-state index in [4.69, 9.17) is 4.52 Å². The third-order valence-electron chi connectivity index (χ3n) is 6.37. The van der Waals surface area contributed by atoms with E-state index in [1.54, 1.807) is 12.4 Å². The number of hydrogen-bond donors (Lipinski definition) is 1. The Hall–Kier alpha value is -2.62. The number of benzene rings is 1. The minimum atomic E-state index is -3.30. The Kier molecular flexibility index (Phi) is 5.92. The van der Waals surface area contributed by atoms with Gasteiger partial charge >= 0.3 is 0 Å². The van der Waals surface area contributed by atoms with Gasteiger partial charge in [-0.05, 0) is 30.2 Å². The van der Waals surface area contributed by atoms with Crippen LogP contribution in [-0.2, 0) is 21.2 Å². The maximum atomic E-state index is 12.3. The van der Waals surface area contributed by atoms with Crippen LogP contribution >= 0.6 is 0 Å². The Bertz CT molecular complexity index is 1250. The number of pyridine rings is 1. The van der Waals surface area contributed by atoms with Crippen LogP contribution in [0.3, 0.4) is 0 Å². The Labute approximate surface area is 194 Å². The average molecular weight is 471 g/mol. The van der Waals surface area contributed by atoms with E-state index in [1.807, 2.05) is 25.2 Å². The molecule has 33 heavy (non-hydrogen) atoms. The molecule has 1 N–H and O–H groups in total. The van der Waals surface area contributed by atoms with E-state index in [2.05, 4.69) is 52.9 Å². The van der Waals surface area contributed by atoms with Crippen LogP contribution in [0.15, 0.2) is 47.2 Å². The highest BCUT2D eigenvalue weighted by Crippen LogP contribution is 2.50. The Balaban J connectivity index is 1.77. The van der Waals surface area contributed by atoms with Gasteiger partial charge in [0.2, 0.25) is 11.7 Å². The van der Waals surface area contributed by atoms with Gasteiger partial charge in [-0.25, -0.2) is 8.42 Å². The second-order valence-electron chi connectivity index (χ2n) is 9.76. The van der Waals surface area contributed by atoms with Crippen molar-refractivity contribution in [3.05, 3.63) is 65.3 Å². The first-order valence-corrected chi connectivity index (χ1v) is 12.9. The van der Waals surface area contributed by atoms with Gasteiger partial charge in [-0.3, -0.25) is 4.98 Å². The number of hydrogen-bond acceptors (Lipinski definition) is 8. The fourth-order valence-electron chi connectivity index (χ4n) is 4.76. The van der Waals surface area contributed by atoms with Crippen LogP contribution in [0.4, 0.5) is 0 Å². The molecular formula is C24H30N4O4S. The molecule has 1 saturated heterocycles. The highest BCUT2D eigenvalue weighted by Gasteiger charge is 2.55. The van der Waals surface area contributed by atoms with Crippen LogP contribution in [0.5, 0.6) is 0 Å². The highest BCUT2D eigenvalue weighted by atomic mass is 32.2. The topological polar surface area (TPSA) is 109 Å². The third kappa shape index (κ3) is 4.45. The van der Waals surface area contributed by atoms with Gasteiger partial charge in [0.05, 0.1) is 0 Å². The fourth-order valence-corrected chi connectivity index (χ4v) is 5.33. The van der Waals surface area contributed by atoms with Crippen LogP contribution in [-0.4, -0.2) is 59.9 Å². The first-order chi connectivity index (χ1) is 15.4. The van der Waals surface area contributed by atoms with E-state index in [-0.39, 0.29) is 17.5 Å². The monoisotopic (exact) mass is 470 g/mol. The highest BCUT2D eigenvalue weighted by molar-refractivity contribution is 7.89. The number of rotatable bonds is 7. The summed E-state index contributed by atoms with van der Waals surface area (Å²) in [4.78, 5) is 10.7. The van der Waals surface area contributed by atoms with Crippen molar-refractivity contribution >= 4 is 9.84 Å². The maximum absolute atomic E-state index is 12.3. The SMILES string of the molecule is CC(C)c1ccc([C@](O)(c2cncc(-c3noc(CS(C)(=O)=O)n3)c2)C2(C)CN(C)C2)cc1. The van der Waals surface area contributed by atoms with Crippen molar-refractivity contribution in [3.8, 4) is 11.4 Å². The van der Waals surface area contributed by atoms with Crippen molar-refractivity contribution in [1.29, 1.82) is 0 Å². The smallest absolute Gasteiger partial charge is 0.242 e. The molecule has 1 fully saturated rings. The van der Waals surface area contributed by atoms with Gasteiger partial charge in [0, 0.05) is 48.3 Å². The zero-order valence-electron chi connectivity index (χ0n) is 19.6. The standard InChI is InChI=1S/C24H30N4O4S/c1-16(2)17-6-8-19(9-7-17)24(29,23(3)14-28(4)15-23)20-10-18(11-25-12-20)22-26-21(32-27-22)13-33(5,30)31/h6-12,16,29H,13-15H2,1-5H3/t24-/m0/s1. The summed E-state index contributed by atoms with van der Waals surface area (Å²) < 4.78 is 28.2. The van der Waals surface area contributed by atoms with Crippen LogP contribution in [0, 0.1) is 5.41 Å². The van der Waals surface area contributed by atoms with Crippen LogP contribution in [0.2, 0.25) is 0 Å². The second kappa shape index (κ2) is 8.30. The van der Waals surface area contributed by atoms with E-state index in [1.165, 1.54) is 5.56 Å². The van der Waals surface area contributed by atoms with Crippen molar-refractivity contribution in [3.63, 3.8) is 0 Å². The lowest BCUT2D eigenvalue weighted by Gasteiger charge is -2.55. The van der Waals surface area contributed by atoms with Crippen molar-refractivity contribution in [1.82, 2.24) is 20.0 Å². The Morgan fingerprint density at radius 3 is 2.42 bits per heavy atom. The molecule has 9 heteroatoms. The first-order valence-electron chi connectivity index (χ1n) is 10.9. The van der Waals surface area contributed by atoms with Gasteiger partial charge in [-0.1, -0.05) is 50.2 Å². The van der Waals surface area contributed by atoms with Crippen LogP contribution in [0.1, 0.15) is 49.3 Å². The summed E-state index contributed by atoms with van der Waals surface area (Å²) in [6.45, 7) is 7.80. The van der Waals surface area contributed by atoms with E-state index in [9.17, 15) is 13.5 Å². The predicted molar refractivity (Wildman–Crippen MR) is 125 cm³/mol. The molecule has 0 bridgehead atoms. The van der Waals surface area contributed by atoms with Crippen molar-refractivity contribution in [2.75, 3.05) is 26.4 Å². The van der Waals surface area contributed by atoms with Gasteiger partial charge < -0.3 is 14.5 Å². The zero-order valence-corrected chi connectivity index (χ0v) is 20.4. The Morgan fingerprint density at radius 1 is 1.18 bits per heavy atom. The summed E-state index contributed by atoms with van der Waals surface area (Å²) in [6, 6.07) is 9.91. The summed E-state index contributed by atoms with van der Waals surface area (Å²) in [6.07, 6.45) is 4.36. The lowest BCUT2D eigenvalue weighted by atomic mass is 9.62. The number of aromatic nitrogens is 3. The normalized spacial score (nSPS) is 18.2. The van der Waals surface area contributed by atoms with Crippen molar-refractivity contribution in [2.24, 2.45) is 5.41 Å². The quantitative estimate of drug-likeness (QED) is 0.561. The lowest BCUT2D eigenvalue weighted by Crippen LogP contribution is -2.63. The molecule has 176 valence electrons. The van der Waals surface area contributed by atoms with Crippen molar-refractivity contribution in [2.45, 2.75) is 38.0 Å². The first kappa shape index (κ1) is 23.5. The molecule has 1 aliphatic rings. The molecule has 8 nitrogen and oxygen atoms in total. The van der Waals surface area contributed by atoms with E-state index >= 15 is 0 Å². The summed E-state index contributed by atoms with van der Waals surface area (Å²) in [5, 5.41) is 16.2. The van der Waals surface area contributed by atoms with Gasteiger partial charge in [0.1, 0.15) is 11.4 Å². The molecule has 3 heterocycles.